The van der Waals surface area contributed by atoms with Gasteiger partial charge in [-0.2, -0.15) is 0 Å². The van der Waals surface area contributed by atoms with E-state index in [1.54, 1.807) is 0 Å². The first-order chi connectivity index (χ1) is 17.0. The van der Waals surface area contributed by atoms with Crippen molar-refractivity contribution in [3.8, 4) is 0 Å². The number of carbonyl (C=O) groups is 3. The molecule has 3 unspecified atom stereocenters. The fourth-order valence-electron chi connectivity index (χ4n) is 6.72. The highest BCUT2D eigenvalue weighted by Crippen LogP contribution is 2.31. The Labute approximate surface area is 212 Å². The molecule has 0 bridgehead atoms. The number of hydrogen-bond acceptors (Lipinski definition) is 6. The number of Topliss-reactive ketones (excluding diaryl/α,β-unsaturated/α-hetero) is 2. The van der Waals surface area contributed by atoms with Crippen molar-refractivity contribution in [3.05, 3.63) is 0 Å². The maximum absolute atomic E-state index is 13.2. The zero-order chi connectivity index (χ0) is 24.6. The number of carbonyl (C=O) groups excluding carboxylic acids is 3. The number of nitrogens with one attached hydrogen (secondary N) is 2. The maximum Gasteiger partial charge on any atom is 0.306 e. The highest BCUT2D eigenvalue weighted by Gasteiger charge is 2.35. The molecule has 35 heavy (non-hydrogen) atoms. The monoisotopic (exact) mass is 488 g/mol. The van der Waals surface area contributed by atoms with Crippen molar-refractivity contribution in [2.75, 3.05) is 0 Å². The summed E-state index contributed by atoms with van der Waals surface area (Å²) < 4.78 is 5.84. The zero-order valence-electron chi connectivity index (χ0n) is 21.9. The minimum absolute atomic E-state index is 0.146. The van der Waals surface area contributed by atoms with Gasteiger partial charge < -0.3 is 15.4 Å². The second-order valence-electron chi connectivity index (χ2n) is 11.9. The number of esters is 1. The molecule has 0 amide bonds. The minimum Gasteiger partial charge on any atom is -0.461 e. The molecule has 4 aliphatic carbocycles. The van der Waals surface area contributed by atoms with Crippen molar-refractivity contribution in [3.63, 3.8) is 0 Å². The second kappa shape index (κ2) is 13.3. The van der Waals surface area contributed by atoms with Crippen LogP contribution in [0.1, 0.15) is 122 Å². The largest absolute Gasteiger partial charge is 0.461 e. The van der Waals surface area contributed by atoms with Crippen molar-refractivity contribution in [2.24, 2.45) is 11.8 Å². The highest BCUT2D eigenvalue weighted by molar-refractivity contribution is 5.87. The topological polar surface area (TPSA) is 84.5 Å². The third-order valence-corrected chi connectivity index (χ3v) is 9.15. The molecule has 0 radical (unpaired) electrons. The van der Waals surface area contributed by atoms with Crippen molar-refractivity contribution in [1.29, 1.82) is 0 Å². The maximum atomic E-state index is 13.2. The van der Waals surface area contributed by atoms with E-state index in [2.05, 4.69) is 10.6 Å². The van der Waals surface area contributed by atoms with Crippen LogP contribution in [0.15, 0.2) is 0 Å². The van der Waals surface area contributed by atoms with Crippen molar-refractivity contribution >= 4 is 17.5 Å². The molecule has 2 N–H and O–H groups in total. The van der Waals surface area contributed by atoms with Gasteiger partial charge >= 0.3 is 5.97 Å². The number of rotatable bonds is 14. The van der Waals surface area contributed by atoms with E-state index in [4.69, 9.17) is 4.74 Å². The average Bonchev–Trinajstić information content (AvgIpc) is 3.60. The molecule has 0 spiro atoms. The van der Waals surface area contributed by atoms with Crippen molar-refractivity contribution < 1.29 is 19.1 Å². The molecule has 4 aliphatic rings. The van der Waals surface area contributed by atoms with Crippen LogP contribution in [0.5, 0.6) is 0 Å². The van der Waals surface area contributed by atoms with Crippen LogP contribution in [0, 0.1) is 11.8 Å². The Kier molecular flexibility index (Phi) is 10.2. The molecule has 198 valence electrons. The van der Waals surface area contributed by atoms with Gasteiger partial charge in [-0.1, -0.05) is 57.8 Å². The molecule has 6 heteroatoms. The summed E-state index contributed by atoms with van der Waals surface area (Å²) >= 11 is 0. The van der Waals surface area contributed by atoms with Gasteiger partial charge in [-0.05, 0) is 57.8 Å². The standard InChI is InChI=1S/C29H48N2O4/c1-20(28(31-24-15-6-7-16-24)26(32)19-21-9-8-10-21)35-27(33)18-17-25(30-23-13-4-5-14-23)29(34)22-11-2-3-12-22/h20-25,28,30-31H,2-19H2,1H3. The van der Waals surface area contributed by atoms with E-state index in [9.17, 15) is 14.4 Å². The van der Waals surface area contributed by atoms with E-state index in [-0.39, 0.29) is 30.1 Å². The van der Waals surface area contributed by atoms with Crippen LogP contribution in [-0.4, -0.2) is 47.8 Å². The summed E-state index contributed by atoms with van der Waals surface area (Å²) in [7, 11) is 0. The van der Waals surface area contributed by atoms with E-state index in [0.29, 0.717) is 36.6 Å². The van der Waals surface area contributed by atoms with Crippen LogP contribution in [-0.2, 0) is 19.1 Å². The van der Waals surface area contributed by atoms with Gasteiger partial charge in [-0.25, -0.2) is 0 Å². The van der Waals surface area contributed by atoms with E-state index < -0.39 is 12.1 Å². The molecule has 4 rings (SSSR count). The van der Waals surface area contributed by atoms with E-state index >= 15 is 0 Å². The van der Waals surface area contributed by atoms with Crippen LogP contribution in [0.2, 0.25) is 0 Å². The van der Waals surface area contributed by atoms with Gasteiger partial charge in [0.05, 0.1) is 6.04 Å². The third kappa shape index (κ3) is 7.85. The summed E-state index contributed by atoms with van der Waals surface area (Å²) in [6.07, 6.45) is 17.8. The lowest BCUT2D eigenvalue weighted by Crippen LogP contribution is -2.51. The summed E-state index contributed by atoms with van der Waals surface area (Å²) in [5.74, 6) is 0.852. The summed E-state index contributed by atoms with van der Waals surface area (Å²) in [6.45, 7) is 1.86. The Morgan fingerprint density at radius 3 is 1.91 bits per heavy atom. The smallest absolute Gasteiger partial charge is 0.306 e. The van der Waals surface area contributed by atoms with Crippen LogP contribution in [0.25, 0.3) is 0 Å². The average molecular weight is 489 g/mol. The quantitative estimate of drug-likeness (QED) is 0.334. The first-order valence-electron chi connectivity index (χ1n) is 14.8. The predicted molar refractivity (Wildman–Crippen MR) is 137 cm³/mol. The molecule has 0 heterocycles. The van der Waals surface area contributed by atoms with Crippen LogP contribution in [0.4, 0.5) is 0 Å². The Morgan fingerprint density at radius 2 is 1.34 bits per heavy atom. The lowest BCUT2D eigenvalue weighted by molar-refractivity contribution is -0.151. The highest BCUT2D eigenvalue weighted by atomic mass is 16.5. The summed E-state index contributed by atoms with van der Waals surface area (Å²) in [5, 5.41) is 7.15. The Hall–Kier alpha value is -1.27. The van der Waals surface area contributed by atoms with Gasteiger partial charge in [0.15, 0.2) is 11.6 Å². The molecule has 0 aliphatic heterocycles. The Morgan fingerprint density at radius 1 is 0.771 bits per heavy atom. The molecule has 0 aromatic rings. The molecule has 6 nitrogen and oxygen atoms in total. The summed E-state index contributed by atoms with van der Waals surface area (Å²) in [4.78, 5) is 39.3. The van der Waals surface area contributed by atoms with E-state index in [0.717, 1.165) is 64.2 Å². The van der Waals surface area contributed by atoms with Crippen molar-refractivity contribution in [2.45, 2.75) is 153 Å². The lowest BCUT2D eigenvalue weighted by atomic mass is 9.80. The second-order valence-corrected chi connectivity index (χ2v) is 11.9. The molecule has 0 saturated heterocycles. The van der Waals surface area contributed by atoms with E-state index in [1.807, 2.05) is 6.92 Å². The van der Waals surface area contributed by atoms with Crippen molar-refractivity contribution in [1.82, 2.24) is 10.6 Å². The third-order valence-electron chi connectivity index (χ3n) is 9.15. The van der Waals surface area contributed by atoms with Gasteiger partial charge in [0.1, 0.15) is 12.1 Å². The fourth-order valence-corrected chi connectivity index (χ4v) is 6.72. The normalized spacial score (nSPS) is 24.8. The lowest BCUT2D eigenvalue weighted by Gasteiger charge is -2.31. The predicted octanol–water partition coefficient (Wildman–Crippen LogP) is 5.02. The summed E-state index contributed by atoms with van der Waals surface area (Å²) in [5.41, 5.74) is 0. The molecular formula is C29H48N2O4. The molecule has 0 aromatic carbocycles. The van der Waals surface area contributed by atoms with Crippen LogP contribution >= 0.6 is 0 Å². The van der Waals surface area contributed by atoms with Gasteiger partial charge in [0.2, 0.25) is 0 Å². The van der Waals surface area contributed by atoms with Gasteiger partial charge in [-0.15, -0.1) is 0 Å². The van der Waals surface area contributed by atoms with Crippen LogP contribution < -0.4 is 10.6 Å². The SMILES string of the molecule is CC(OC(=O)CCC(NC1CCCC1)C(=O)C1CCCC1)C(NC1CCCC1)C(=O)CC1CCC1. The number of hydrogen-bond donors (Lipinski definition) is 2. The first-order valence-corrected chi connectivity index (χ1v) is 14.8. The van der Waals surface area contributed by atoms with Crippen LogP contribution in [0.3, 0.4) is 0 Å². The molecule has 4 saturated carbocycles. The fraction of sp³-hybridized carbons (Fsp3) is 0.897. The molecule has 4 fully saturated rings. The number of ether oxygens (including phenoxy) is 1. The van der Waals surface area contributed by atoms with E-state index in [1.165, 1.54) is 32.1 Å². The van der Waals surface area contributed by atoms with Gasteiger partial charge in [0, 0.05) is 30.8 Å². The van der Waals surface area contributed by atoms with Gasteiger partial charge in [-0.3, -0.25) is 14.4 Å². The number of ketones is 2. The summed E-state index contributed by atoms with van der Waals surface area (Å²) in [6, 6.07) is 0.0619. The zero-order valence-corrected chi connectivity index (χ0v) is 21.9. The molecular weight excluding hydrogens is 440 g/mol. The molecule has 0 aromatic heterocycles. The Balaban J connectivity index is 1.30. The Bertz CT molecular complexity index is 703. The first kappa shape index (κ1) is 26.8. The van der Waals surface area contributed by atoms with Gasteiger partial charge in [0.25, 0.3) is 0 Å². The molecule has 3 atom stereocenters. The minimum atomic E-state index is -0.484.